The van der Waals surface area contributed by atoms with Gasteiger partial charge in [0, 0.05) is 29.1 Å². The quantitative estimate of drug-likeness (QED) is 0.695. The third-order valence-corrected chi connectivity index (χ3v) is 4.44. The molecule has 0 aromatic carbocycles. The molecule has 92 valence electrons. The van der Waals surface area contributed by atoms with Crippen molar-refractivity contribution >= 4 is 38.8 Å². The fraction of sp³-hybridized carbons (Fsp3) is 0.167. The zero-order valence-electron chi connectivity index (χ0n) is 9.94. The van der Waals surface area contributed by atoms with Crippen molar-refractivity contribution in [3.63, 3.8) is 0 Å². The maximum Gasteiger partial charge on any atom is 0.152 e. The standard InChI is InChI=1S/C12H11ClN4S/c1-6-8-5-9(18-12(8)17(2)16-6)7-3-4-15-11(13)10(7)14/h3-5H,14H2,1-2H3. The monoisotopic (exact) mass is 278 g/mol. The van der Waals surface area contributed by atoms with Crippen molar-refractivity contribution in [2.75, 3.05) is 5.73 Å². The number of fused-ring (bicyclic) bond motifs is 1. The van der Waals surface area contributed by atoms with E-state index in [4.69, 9.17) is 17.3 Å². The number of hydrogen-bond donors (Lipinski definition) is 1. The number of pyridine rings is 1. The molecule has 3 rings (SSSR count). The van der Waals surface area contributed by atoms with E-state index in [0.717, 1.165) is 26.4 Å². The van der Waals surface area contributed by atoms with Crippen molar-refractivity contribution in [1.82, 2.24) is 14.8 Å². The number of hydrogen-bond acceptors (Lipinski definition) is 4. The fourth-order valence-electron chi connectivity index (χ4n) is 2.00. The molecule has 0 fully saturated rings. The number of nitrogens with zero attached hydrogens (tertiary/aromatic N) is 3. The normalized spacial score (nSPS) is 11.3. The third-order valence-electron chi connectivity index (χ3n) is 2.90. The molecule has 0 atom stereocenters. The van der Waals surface area contributed by atoms with Gasteiger partial charge in [0.2, 0.25) is 0 Å². The first kappa shape index (κ1) is 11.5. The third kappa shape index (κ3) is 1.59. The average Bonchev–Trinajstić information content (AvgIpc) is 2.86. The lowest BCUT2D eigenvalue weighted by Gasteiger charge is -2.03. The highest BCUT2D eigenvalue weighted by atomic mass is 35.5. The molecule has 0 saturated heterocycles. The van der Waals surface area contributed by atoms with Gasteiger partial charge in [0.15, 0.2) is 5.15 Å². The molecule has 0 bridgehead atoms. The Morgan fingerprint density at radius 3 is 2.94 bits per heavy atom. The second-order valence-electron chi connectivity index (χ2n) is 4.10. The van der Waals surface area contributed by atoms with Gasteiger partial charge in [0.25, 0.3) is 0 Å². The second-order valence-corrected chi connectivity index (χ2v) is 5.49. The van der Waals surface area contributed by atoms with E-state index in [0.29, 0.717) is 10.8 Å². The van der Waals surface area contributed by atoms with Crippen LogP contribution >= 0.6 is 22.9 Å². The number of thiophene rings is 1. The largest absolute Gasteiger partial charge is 0.396 e. The van der Waals surface area contributed by atoms with Crippen molar-refractivity contribution < 1.29 is 0 Å². The lowest BCUT2D eigenvalue weighted by molar-refractivity contribution is 0.788. The van der Waals surface area contributed by atoms with E-state index < -0.39 is 0 Å². The molecule has 0 aliphatic carbocycles. The van der Waals surface area contributed by atoms with E-state index in [9.17, 15) is 0 Å². The summed E-state index contributed by atoms with van der Waals surface area (Å²) < 4.78 is 1.89. The highest BCUT2D eigenvalue weighted by Crippen LogP contribution is 2.38. The number of rotatable bonds is 1. The molecule has 0 spiro atoms. The predicted molar refractivity (Wildman–Crippen MR) is 76.0 cm³/mol. The summed E-state index contributed by atoms with van der Waals surface area (Å²) in [5.74, 6) is 0. The van der Waals surface area contributed by atoms with E-state index in [1.165, 1.54) is 0 Å². The van der Waals surface area contributed by atoms with Gasteiger partial charge in [-0.05, 0) is 19.1 Å². The summed E-state index contributed by atoms with van der Waals surface area (Å²) in [6.45, 7) is 2.00. The summed E-state index contributed by atoms with van der Waals surface area (Å²) in [4.78, 5) is 6.19. The SMILES string of the molecule is Cc1nn(C)c2sc(-c3ccnc(Cl)c3N)cc12. The smallest absolute Gasteiger partial charge is 0.152 e. The molecule has 0 aliphatic rings. The van der Waals surface area contributed by atoms with Gasteiger partial charge in [-0.15, -0.1) is 11.3 Å². The zero-order valence-corrected chi connectivity index (χ0v) is 11.5. The van der Waals surface area contributed by atoms with Crippen LogP contribution in [0.4, 0.5) is 5.69 Å². The minimum absolute atomic E-state index is 0.347. The first-order valence-electron chi connectivity index (χ1n) is 5.41. The van der Waals surface area contributed by atoms with Crippen LogP contribution in [-0.2, 0) is 7.05 Å². The maximum atomic E-state index is 5.97. The number of aryl methyl sites for hydroxylation is 2. The molecule has 6 heteroatoms. The number of halogens is 1. The van der Waals surface area contributed by atoms with Gasteiger partial charge < -0.3 is 5.73 Å². The van der Waals surface area contributed by atoms with Crippen molar-refractivity contribution in [3.05, 3.63) is 29.2 Å². The van der Waals surface area contributed by atoms with Gasteiger partial charge in [0.1, 0.15) is 4.83 Å². The molecular formula is C12H11ClN4S. The van der Waals surface area contributed by atoms with Crippen LogP contribution < -0.4 is 5.73 Å². The van der Waals surface area contributed by atoms with Gasteiger partial charge in [-0.3, -0.25) is 4.68 Å². The molecule has 3 aromatic rings. The van der Waals surface area contributed by atoms with Crippen LogP contribution in [0.1, 0.15) is 5.69 Å². The van der Waals surface area contributed by atoms with Crippen molar-refractivity contribution in [2.24, 2.45) is 7.05 Å². The first-order chi connectivity index (χ1) is 8.58. The Balaban J connectivity index is 2.26. The molecule has 0 unspecified atom stereocenters. The van der Waals surface area contributed by atoms with Gasteiger partial charge in [-0.25, -0.2) is 4.98 Å². The molecule has 18 heavy (non-hydrogen) atoms. The summed E-state index contributed by atoms with van der Waals surface area (Å²) >= 11 is 7.60. The van der Waals surface area contributed by atoms with Crippen LogP contribution in [0, 0.1) is 6.92 Å². The predicted octanol–water partition coefficient (Wildman–Crippen LogP) is 3.24. The number of anilines is 1. The van der Waals surface area contributed by atoms with Crippen LogP contribution in [0.25, 0.3) is 20.7 Å². The molecule has 0 radical (unpaired) electrons. The topological polar surface area (TPSA) is 56.7 Å². The zero-order chi connectivity index (χ0) is 12.9. The molecule has 0 amide bonds. The van der Waals surface area contributed by atoms with E-state index >= 15 is 0 Å². The van der Waals surface area contributed by atoms with Crippen LogP contribution in [0.5, 0.6) is 0 Å². The van der Waals surface area contributed by atoms with Gasteiger partial charge in [-0.2, -0.15) is 5.10 Å². The van der Waals surface area contributed by atoms with Crippen molar-refractivity contribution in [3.8, 4) is 10.4 Å². The Labute approximate surface area is 113 Å². The summed E-state index contributed by atoms with van der Waals surface area (Å²) in [7, 11) is 1.94. The molecule has 3 heterocycles. The summed E-state index contributed by atoms with van der Waals surface area (Å²) in [5.41, 5.74) is 8.44. The first-order valence-corrected chi connectivity index (χ1v) is 6.61. The van der Waals surface area contributed by atoms with E-state index in [1.807, 2.05) is 24.7 Å². The molecular weight excluding hydrogens is 268 g/mol. The number of nitrogens with two attached hydrogens (primary N) is 1. The van der Waals surface area contributed by atoms with Crippen molar-refractivity contribution in [2.45, 2.75) is 6.92 Å². The van der Waals surface area contributed by atoms with Crippen molar-refractivity contribution in [1.29, 1.82) is 0 Å². The second kappa shape index (κ2) is 3.96. The van der Waals surface area contributed by atoms with Gasteiger partial charge in [-0.1, -0.05) is 11.6 Å². The Morgan fingerprint density at radius 2 is 2.22 bits per heavy atom. The van der Waals surface area contributed by atoms with E-state index in [-0.39, 0.29) is 0 Å². The molecule has 0 saturated carbocycles. The summed E-state index contributed by atoms with van der Waals surface area (Å²) in [6.07, 6.45) is 1.67. The summed E-state index contributed by atoms with van der Waals surface area (Å²) in [5, 5.41) is 5.89. The highest BCUT2D eigenvalue weighted by molar-refractivity contribution is 7.22. The minimum Gasteiger partial charge on any atom is -0.396 e. The fourth-order valence-corrected chi connectivity index (χ4v) is 3.32. The lowest BCUT2D eigenvalue weighted by Crippen LogP contribution is -1.92. The number of aromatic nitrogens is 3. The Bertz CT molecular complexity index is 709. The lowest BCUT2D eigenvalue weighted by atomic mass is 10.2. The average molecular weight is 279 g/mol. The Morgan fingerprint density at radius 1 is 1.44 bits per heavy atom. The summed E-state index contributed by atoms with van der Waals surface area (Å²) in [6, 6.07) is 3.99. The molecule has 4 nitrogen and oxygen atoms in total. The van der Waals surface area contributed by atoms with Crippen LogP contribution in [0.15, 0.2) is 18.3 Å². The van der Waals surface area contributed by atoms with E-state index in [1.54, 1.807) is 17.5 Å². The van der Waals surface area contributed by atoms with Gasteiger partial charge >= 0.3 is 0 Å². The molecule has 3 aromatic heterocycles. The number of nitrogen functional groups attached to an aromatic ring is 1. The van der Waals surface area contributed by atoms with Gasteiger partial charge in [0.05, 0.1) is 11.4 Å². The van der Waals surface area contributed by atoms with Crippen LogP contribution in [0.2, 0.25) is 5.15 Å². The Kier molecular flexibility index (Phi) is 2.53. The van der Waals surface area contributed by atoms with E-state index in [2.05, 4.69) is 16.1 Å². The highest BCUT2D eigenvalue weighted by Gasteiger charge is 2.14. The van der Waals surface area contributed by atoms with Crippen LogP contribution in [-0.4, -0.2) is 14.8 Å². The Hall–Kier alpha value is -1.59. The maximum absolute atomic E-state index is 5.97. The molecule has 0 aliphatic heterocycles. The molecule has 2 N–H and O–H groups in total. The van der Waals surface area contributed by atoms with Crippen LogP contribution in [0.3, 0.4) is 0 Å². The minimum atomic E-state index is 0.347.